The Kier molecular flexibility index (Phi) is 9.38. The van der Waals surface area contributed by atoms with Gasteiger partial charge in [0.05, 0.1) is 17.1 Å². The van der Waals surface area contributed by atoms with Crippen LogP contribution in [0.3, 0.4) is 0 Å². The van der Waals surface area contributed by atoms with Gasteiger partial charge in [0.2, 0.25) is 0 Å². The third-order valence-corrected chi connectivity index (χ3v) is 7.54. The lowest BCUT2D eigenvalue weighted by atomic mass is 10.1. The summed E-state index contributed by atoms with van der Waals surface area (Å²) < 4.78 is 12.7. The third-order valence-electron chi connectivity index (χ3n) is 6.44. The van der Waals surface area contributed by atoms with Crippen LogP contribution in [0, 0.1) is 0 Å². The summed E-state index contributed by atoms with van der Waals surface area (Å²) in [7, 11) is 0. The second-order valence-electron chi connectivity index (χ2n) is 10.7. The number of hydrogen-bond acceptors (Lipinski definition) is 8. The van der Waals surface area contributed by atoms with E-state index in [2.05, 4.69) is 16.7 Å². The van der Waals surface area contributed by atoms with E-state index >= 15 is 0 Å². The molecule has 1 aromatic heterocycles. The number of carbonyl (C=O) groups is 2. The number of thiophene rings is 1. The fourth-order valence-corrected chi connectivity index (χ4v) is 5.40. The third kappa shape index (κ3) is 8.01. The first-order chi connectivity index (χ1) is 18.2. The molecule has 1 saturated carbocycles. The predicted octanol–water partition coefficient (Wildman–Crippen LogP) is 5.39. The molecule has 2 aromatic carbocycles. The smallest absolute Gasteiger partial charge is 0.325 e. The lowest BCUT2D eigenvalue weighted by molar-refractivity contribution is -0.154. The standard InChI is InChI=1S/C29H37N3O5S/c1-29(2,3)36-18-24(28(34)37-23-9-4-5-10-23)31-17-19-7-6-8-22(13-19)30-16-20-11-12-21-15-26(27(33)32-35)38-25(21)14-20/h6-8,11-15,23-24,30-31,35H,4-5,9-10,16-18H2,1-3H3,(H,32,33)/t24-/m0/s1. The molecule has 0 bridgehead atoms. The Bertz CT molecular complexity index is 1250. The van der Waals surface area contributed by atoms with Crippen LogP contribution in [0.2, 0.25) is 0 Å². The lowest BCUT2D eigenvalue weighted by Gasteiger charge is -2.25. The van der Waals surface area contributed by atoms with Gasteiger partial charge in [0, 0.05) is 23.5 Å². The first-order valence-electron chi connectivity index (χ1n) is 13.1. The fourth-order valence-electron chi connectivity index (χ4n) is 4.39. The molecule has 0 aliphatic heterocycles. The summed E-state index contributed by atoms with van der Waals surface area (Å²) in [6, 6.07) is 15.3. The topological polar surface area (TPSA) is 109 Å². The maximum atomic E-state index is 12.9. The number of rotatable bonds is 11. The average Bonchev–Trinajstić information content (AvgIpc) is 3.56. The second kappa shape index (κ2) is 12.7. The number of ether oxygens (including phenoxy) is 2. The molecule has 1 aliphatic carbocycles. The lowest BCUT2D eigenvalue weighted by Crippen LogP contribution is -2.44. The summed E-state index contributed by atoms with van der Waals surface area (Å²) in [6.45, 7) is 7.29. The largest absolute Gasteiger partial charge is 0.461 e. The van der Waals surface area contributed by atoms with E-state index in [9.17, 15) is 9.59 Å². The van der Waals surface area contributed by atoms with Crippen LogP contribution in [-0.4, -0.2) is 41.4 Å². The van der Waals surface area contributed by atoms with Gasteiger partial charge in [0.1, 0.15) is 12.1 Å². The number of carbonyl (C=O) groups excluding carboxylic acids is 2. The highest BCUT2D eigenvalue weighted by atomic mass is 32.1. The van der Waals surface area contributed by atoms with E-state index in [-0.39, 0.29) is 24.3 Å². The molecule has 1 fully saturated rings. The van der Waals surface area contributed by atoms with Crippen LogP contribution in [0.4, 0.5) is 5.69 Å². The molecule has 1 amide bonds. The Labute approximate surface area is 227 Å². The highest BCUT2D eigenvalue weighted by molar-refractivity contribution is 7.20. The van der Waals surface area contributed by atoms with Gasteiger partial charge in [-0.1, -0.05) is 24.3 Å². The fraction of sp³-hybridized carbons (Fsp3) is 0.448. The number of nitrogens with one attached hydrogen (secondary N) is 3. The average molecular weight is 540 g/mol. The van der Waals surface area contributed by atoms with Crippen LogP contribution in [0.5, 0.6) is 0 Å². The van der Waals surface area contributed by atoms with Gasteiger partial charge in [-0.25, -0.2) is 5.48 Å². The molecule has 8 nitrogen and oxygen atoms in total. The Balaban J connectivity index is 1.35. The van der Waals surface area contributed by atoms with Gasteiger partial charge >= 0.3 is 5.97 Å². The van der Waals surface area contributed by atoms with Crippen LogP contribution in [0.15, 0.2) is 48.5 Å². The Morgan fingerprint density at radius 3 is 2.55 bits per heavy atom. The van der Waals surface area contributed by atoms with Gasteiger partial charge in [0.15, 0.2) is 0 Å². The van der Waals surface area contributed by atoms with Crippen molar-refractivity contribution < 1.29 is 24.3 Å². The molecule has 0 unspecified atom stereocenters. The van der Waals surface area contributed by atoms with Gasteiger partial charge < -0.3 is 14.8 Å². The molecular formula is C29H37N3O5S. The minimum Gasteiger partial charge on any atom is -0.461 e. The zero-order valence-electron chi connectivity index (χ0n) is 22.2. The highest BCUT2D eigenvalue weighted by Crippen LogP contribution is 2.27. The molecule has 4 rings (SSSR count). The summed E-state index contributed by atoms with van der Waals surface area (Å²) in [4.78, 5) is 25.1. The normalized spacial score (nSPS) is 14.9. The molecule has 3 aromatic rings. The molecule has 0 radical (unpaired) electrons. The molecule has 1 aliphatic rings. The van der Waals surface area contributed by atoms with E-state index in [0.29, 0.717) is 18.0 Å². The van der Waals surface area contributed by atoms with Gasteiger partial charge in [-0.3, -0.25) is 20.1 Å². The van der Waals surface area contributed by atoms with Crippen molar-refractivity contribution in [1.29, 1.82) is 0 Å². The van der Waals surface area contributed by atoms with E-state index in [1.54, 1.807) is 11.5 Å². The van der Waals surface area contributed by atoms with Crippen LogP contribution in [-0.2, 0) is 27.4 Å². The van der Waals surface area contributed by atoms with Gasteiger partial charge in [-0.05, 0) is 87.2 Å². The highest BCUT2D eigenvalue weighted by Gasteiger charge is 2.27. The monoisotopic (exact) mass is 539 g/mol. The molecule has 1 atom stereocenters. The van der Waals surface area contributed by atoms with Crippen LogP contribution in [0.25, 0.3) is 10.1 Å². The van der Waals surface area contributed by atoms with Crippen molar-refractivity contribution in [2.75, 3.05) is 11.9 Å². The zero-order valence-corrected chi connectivity index (χ0v) is 23.0. The number of amides is 1. The first-order valence-corrected chi connectivity index (χ1v) is 13.9. The Hall–Kier alpha value is -2.98. The number of esters is 1. The Morgan fingerprint density at radius 1 is 1.05 bits per heavy atom. The van der Waals surface area contributed by atoms with Crippen LogP contribution >= 0.6 is 11.3 Å². The van der Waals surface area contributed by atoms with Gasteiger partial charge in [0.25, 0.3) is 5.91 Å². The van der Waals surface area contributed by atoms with Crippen molar-refractivity contribution in [2.45, 2.75) is 77.3 Å². The van der Waals surface area contributed by atoms with Crippen LogP contribution < -0.4 is 16.1 Å². The van der Waals surface area contributed by atoms with E-state index in [1.807, 2.05) is 57.2 Å². The number of benzene rings is 2. The van der Waals surface area contributed by atoms with Crippen molar-refractivity contribution in [3.8, 4) is 0 Å². The number of hydroxylamine groups is 1. The molecule has 0 saturated heterocycles. The maximum absolute atomic E-state index is 12.9. The summed E-state index contributed by atoms with van der Waals surface area (Å²) >= 11 is 1.34. The quantitative estimate of drug-likeness (QED) is 0.147. The summed E-state index contributed by atoms with van der Waals surface area (Å²) in [5, 5.41) is 16.6. The van der Waals surface area contributed by atoms with Crippen molar-refractivity contribution in [2.24, 2.45) is 0 Å². The molecule has 38 heavy (non-hydrogen) atoms. The second-order valence-corrected chi connectivity index (χ2v) is 11.8. The summed E-state index contributed by atoms with van der Waals surface area (Å²) in [5.41, 5.74) is 4.41. The van der Waals surface area contributed by atoms with Crippen molar-refractivity contribution >= 4 is 39.0 Å². The predicted molar refractivity (Wildman–Crippen MR) is 150 cm³/mol. The SMILES string of the molecule is CC(C)(C)OC[C@H](NCc1cccc(NCc2ccc3cc(C(=O)NO)sc3c2)c1)C(=O)OC1CCCC1. The molecule has 9 heteroatoms. The number of anilines is 1. The zero-order chi connectivity index (χ0) is 27.1. The van der Waals surface area contributed by atoms with Crippen molar-refractivity contribution in [1.82, 2.24) is 10.8 Å². The minimum atomic E-state index is -0.540. The maximum Gasteiger partial charge on any atom is 0.325 e. The molecule has 4 N–H and O–H groups in total. The van der Waals surface area contributed by atoms with Crippen molar-refractivity contribution in [3.05, 3.63) is 64.5 Å². The van der Waals surface area contributed by atoms with Gasteiger partial charge in [-0.2, -0.15) is 0 Å². The molecule has 0 spiro atoms. The summed E-state index contributed by atoms with van der Waals surface area (Å²) in [5.74, 6) is -0.755. The van der Waals surface area contributed by atoms with Gasteiger partial charge in [-0.15, -0.1) is 11.3 Å². The number of fused-ring (bicyclic) bond motifs is 1. The minimum absolute atomic E-state index is 0.0146. The molecule has 1 heterocycles. The number of hydrogen-bond donors (Lipinski definition) is 4. The van der Waals surface area contributed by atoms with E-state index < -0.39 is 11.9 Å². The molecule has 204 valence electrons. The first kappa shape index (κ1) is 28.0. The molecular weight excluding hydrogens is 502 g/mol. The van der Waals surface area contributed by atoms with Crippen LogP contribution in [0.1, 0.15) is 67.3 Å². The van der Waals surface area contributed by atoms with Crippen molar-refractivity contribution in [3.63, 3.8) is 0 Å². The Morgan fingerprint density at radius 2 is 1.82 bits per heavy atom. The summed E-state index contributed by atoms with van der Waals surface area (Å²) in [6.07, 6.45) is 4.10. The van der Waals surface area contributed by atoms with E-state index in [4.69, 9.17) is 14.7 Å². The van der Waals surface area contributed by atoms with E-state index in [0.717, 1.165) is 52.6 Å². The van der Waals surface area contributed by atoms with E-state index in [1.165, 1.54) is 11.3 Å².